The van der Waals surface area contributed by atoms with Crippen molar-refractivity contribution >= 4 is 41.0 Å². The van der Waals surface area contributed by atoms with Crippen LogP contribution in [0, 0.1) is 0 Å². The number of piperazine rings is 1. The number of carbonyl (C=O) groups is 1. The Kier molecular flexibility index (Phi) is 9.16. The number of nitrogens with zero attached hydrogens (tertiary/aromatic N) is 4. The minimum Gasteiger partial charge on any atom is -0.493 e. The number of fused-ring (bicyclic) bond motifs is 1. The lowest BCUT2D eigenvalue weighted by atomic mass is 10.1. The Morgan fingerprint density at radius 3 is 2.20 bits per heavy atom. The number of nitrogens with two attached hydrogens (primary N) is 1. The van der Waals surface area contributed by atoms with Crippen LogP contribution in [0.2, 0.25) is 0 Å². The van der Waals surface area contributed by atoms with Gasteiger partial charge in [0, 0.05) is 43.2 Å². The molecule has 1 unspecified atom stereocenters. The smallest absolute Gasteiger partial charge is 0.253 e. The fraction of sp³-hybridized carbons (Fsp3) is 0.300. The van der Waals surface area contributed by atoms with Crippen LogP contribution in [0.1, 0.15) is 35.4 Å². The number of amides is 1. The van der Waals surface area contributed by atoms with Crippen LogP contribution < -0.4 is 24.8 Å². The maximum absolute atomic E-state index is 13.2. The van der Waals surface area contributed by atoms with E-state index in [0.29, 0.717) is 65.9 Å². The Morgan fingerprint density at radius 1 is 0.925 bits per heavy atom. The first-order chi connectivity index (χ1) is 19.0. The van der Waals surface area contributed by atoms with E-state index in [4.69, 9.17) is 24.9 Å². The molecule has 1 atom stereocenters. The molecule has 1 aliphatic heterocycles. The van der Waals surface area contributed by atoms with Crippen LogP contribution in [0.3, 0.4) is 0 Å². The number of methoxy groups -OCH3 is 2. The van der Waals surface area contributed by atoms with Crippen molar-refractivity contribution in [2.45, 2.75) is 19.4 Å². The van der Waals surface area contributed by atoms with E-state index in [1.807, 2.05) is 52.3 Å². The summed E-state index contributed by atoms with van der Waals surface area (Å²) in [6.07, 6.45) is 0.818. The number of aromatic nitrogens is 2. The number of hydrogen-bond donors (Lipinski definition) is 1. The van der Waals surface area contributed by atoms with Crippen molar-refractivity contribution in [3.8, 4) is 17.2 Å². The van der Waals surface area contributed by atoms with Crippen LogP contribution in [-0.2, 0) is 0 Å². The highest BCUT2D eigenvalue weighted by Crippen LogP contribution is 2.34. The first kappa shape index (κ1) is 28.8. The van der Waals surface area contributed by atoms with Gasteiger partial charge in [-0.25, -0.2) is 4.98 Å². The molecule has 0 spiro atoms. The Morgan fingerprint density at radius 2 is 1.57 bits per heavy atom. The highest BCUT2D eigenvalue weighted by molar-refractivity contribution is 5.94. The van der Waals surface area contributed by atoms with Crippen LogP contribution in [0.15, 0.2) is 66.7 Å². The van der Waals surface area contributed by atoms with Gasteiger partial charge in [0.05, 0.1) is 19.7 Å². The molecule has 10 heteroatoms. The van der Waals surface area contributed by atoms with E-state index in [0.717, 1.165) is 17.7 Å². The number of benzene rings is 3. The second kappa shape index (κ2) is 12.7. The average Bonchev–Trinajstić information content (AvgIpc) is 2.99. The molecule has 2 heterocycles. The predicted molar refractivity (Wildman–Crippen MR) is 159 cm³/mol. The van der Waals surface area contributed by atoms with Crippen LogP contribution in [-0.4, -0.2) is 61.2 Å². The molecule has 0 saturated carbocycles. The van der Waals surface area contributed by atoms with Crippen molar-refractivity contribution in [2.24, 2.45) is 0 Å². The van der Waals surface area contributed by atoms with Crippen LogP contribution in [0.4, 0.5) is 11.8 Å². The van der Waals surface area contributed by atoms with E-state index >= 15 is 0 Å². The van der Waals surface area contributed by atoms with E-state index < -0.39 is 0 Å². The summed E-state index contributed by atoms with van der Waals surface area (Å²) < 4.78 is 17.0. The van der Waals surface area contributed by atoms with E-state index in [1.54, 1.807) is 26.4 Å². The topological polar surface area (TPSA) is 103 Å². The molecule has 1 saturated heterocycles. The largest absolute Gasteiger partial charge is 0.493 e. The minimum absolute atomic E-state index is 0. The maximum Gasteiger partial charge on any atom is 0.253 e. The standard InChI is InChI=1S/C30H33N5O4.ClH/c1-4-25(20-8-6-5-7-9-20)39-22-12-10-21(11-13-22)29(36)34-14-16-35(17-15-34)30-32-24-19-27(38-3)26(37-2)18-23(24)28(31)33-30;/h5-13,18-19,25H,4,14-17H2,1-3H3,(H2,31,32,33);1H. The minimum atomic E-state index is -0.0321. The number of ether oxygens (including phenoxy) is 3. The molecular weight excluding hydrogens is 530 g/mol. The Balaban J connectivity index is 0.00000370. The van der Waals surface area contributed by atoms with Crippen molar-refractivity contribution < 1.29 is 19.0 Å². The van der Waals surface area contributed by atoms with Crippen molar-refractivity contribution in [1.82, 2.24) is 14.9 Å². The molecular formula is C30H34ClN5O4. The molecule has 40 heavy (non-hydrogen) atoms. The molecule has 5 rings (SSSR count). The van der Waals surface area contributed by atoms with Crippen LogP contribution in [0.25, 0.3) is 10.9 Å². The first-order valence-corrected chi connectivity index (χ1v) is 13.1. The maximum atomic E-state index is 13.2. The molecule has 3 aromatic carbocycles. The lowest BCUT2D eigenvalue weighted by molar-refractivity contribution is 0.0746. The Hall–Kier alpha value is -4.24. The molecule has 210 valence electrons. The molecule has 1 aliphatic rings. The van der Waals surface area contributed by atoms with Crippen LogP contribution >= 0.6 is 12.4 Å². The molecule has 0 radical (unpaired) electrons. The number of hydrogen-bond acceptors (Lipinski definition) is 8. The number of anilines is 2. The normalized spacial score (nSPS) is 13.9. The highest BCUT2D eigenvalue weighted by Gasteiger charge is 2.25. The summed E-state index contributed by atoms with van der Waals surface area (Å²) in [6.45, 7) is 4.40. The van der Waals surface area contributed by atoms with Crippen molar-refractivity contribution in [3.05, 3.63) is 77.9 Å². The third-order valence-electron chi connectivity index (χ3n) is 6.99. The van der Waals surface area contributed by atoms with Crippen molar-refractivity contribution in [3.63, 3.8) is 0 Å². The van der Waals surface area contributed by atoms with Gasteiger partial charge in [0.1, 0.15) is 17.7 Å². The fourth-order valence-electron chi connectivity index (χ4n) is 4.80. The van der Waals surface area contributed by atoms with E-state index in [-0.39, 0.29) is 24.4 Å². The van der Waals surface area contributed by atoms with Gasteiger partial charge in [-0.3, -0.25) is 4.79 Å². The summed E-state index contributed by atoms with van der Waals surface area (Å²) in [5, 5.41) is 0.701. The quantitative estimate of drug-likeness (QED) is 0.314. The molecule has 4 aromatic rings. The third kappa shape index (κ3) is 5.99. The van der Waals surface area contributed by atoms with Crippen molar-refractivity contribution in [1.29, 1.82) is 0 Å². The predicted octanol–water partition coefficient (Wildman–Crippen LogP) is 5.14. The van der Waals surface area contributed by atoms with Gasteiger partial charge in [0.15, 0.2) is 11.5 Å². The number of halogens is 1. The number of nitrogen functional groups attached to an aromatic ring is 1. The van der Waals surface area contributed by atoms with Gasteiger partial charge in [-0.15, -0.1) is 12.4 Å². The van der Waals surface area contributed by atoms with E-state index in [1.165, 1.54) is 0 Å². The number of rotatable bonds is 8. The van der Waals surface area contributed by atoms with E-state index in [2.05, 4.69) is 24.0 Å². The highest BCUT2D eigenvalue weighted by atomic mass is 35.5. The summed E-state index contributed by atoms with van der Waals surface area (Å²) in [6, 6.07) is 21.1. The third-order valence-corrected chi connectivity index (χ3v) is 6.99. The van der Waals surface area contributed by atoms with Gasteiger partial charge in [0.2, 0.25) is 5.95 Å². The van der Waals surface area contributed by atoms with Crippen molar-refractivity contribution in [2.75, 3.05) is 51.0 Å². The number of carbonyl (C=O) groups excluding carboxylic acids is 1. The second-order valence-electron chi connectivity index (χ2n) is 9.36. The fourth-order valence-corrected chi connectivity index (χ4v) is 4.80. The van der Waals surface area contributed by atoms with Gasteiger partial charge in [-0.1, -0.05) is 37.3 Å². The lowest BCUT2D eigenvalue weighted by Gasteiger charge is -2.35. The molecule has 1 fully saturated rings. The summed E-state index contributed by atoms with van der Waals surface area (Å²) in [7, 11) is 3.16. The molecule has 1 amide bonds. The van der Waals surface area contributed by atoms with Gasteiger partial charge in [-0.05, 0) is 42.3 Å². The van der Waals surface area contributed by atoms with Gasteiger partial charge >= 0.3 is 0 Å². The summed E-state index contributed by atoms with van der Waals surface area (Å²) >= 11 is 0. The summed E-state index contributed by atoms with van der Waals surface area (Å²) in [4.78, 5) is 26.3. The van der Waals surface area contributed by atoms with Crippen LogP contribution in [0.5, 0.6) is 17.2 Å². The van der Waals surface area contributed by atoms with Gasteiger partial charge in [-0.2, -0.15) is 4.98 Å². The zero-order valence-corrected chi connectivity index (χ0v) is 23.7. The molecule has 1 aromatic heterocycles. The summed E-state index contributed by atoms with van der Waals surface area (Å²) in [5.74, 6) is 2.78. The molecule has 9 nitrogen and oxygen atoms in total. The summed E-state index contributed by atoms with van der Waals surface area (Å²) in [5.41, 5.74) is 8.71. The first-order valence-electron chi connectivity index (χ1n) is 13.1. The SMILES string of the molecule is CCC(Oc1ccc(C(=O)N2CCN(c3nc(N)c4cc(OC)c(OC)cc4n3)CC2)cc1)c1ccccc1.Cl. The average molecular weight is 564 g/mol. The Bertz CT molecular complexity index is 1440. The van der Waals surface area contributed by atoms with Gasteiger partial charge < -0.3 is 29.7 Å². The zero-order valence-electron chi connectivity index (χ0n) is 22.9. The Labute approximate surface area is 240 Å². The second-order valence-corrected chi connectivity index (χ2v) is 9.36. The lowest BCUT2D eigenvalue weighted by Crippen LogP contribution is -2.49. The van der Waals surface area contributed by atoms with E-state index in [9.17, 15) is 4.79 Å². The van der Waals surface area contributed by atoms with Gasteiger partial charge in [0.25, 0.3) is 5.91 Å². The monoisotopic (exact) mass is 563 g/mol. The molecule has 0 bridgehead atoms. The zero-order chi connectivity index (χ0) is 27.4. The molecule has 2 N–H and O–H groups in total. The molecule has 0 aliphatic carbocycles.